The van der Waals surface area contributed by atoms with E-state index in [2.05, 4.69) is 10.3 Å². The molecule has 0 saturated heterocycles. The number of carbonyl (C=O) groups excluding carboxylic acids is 1. The van der Waals surface area contributed by atoms with E-state index in [0.717, 1.165) is 5.56 Å². The fourth-order valence-electron chi connectivity index (χ4n) is 1.45. The molecule has 17 heavy (non-hydrogen) atoms. The first-order chi connectivity index (χ1) is 8.18. The largest absolute Gasteiger partial charge is 0.367 e. The Morgan fingerprint density at radius 1 is 1.41 bits per heavy atom. The fourth-order valence-corrected chi connectivity index (χ4v) is 1.70. The molecule has 1 aromatic heterocycles. The molecule has 2 rings (SSSR count). The standard InChI is InChI=1S/C12H10ClFN2O/c13-9-2-1-3-10(14)11(9)12(17)16-7-8-4-5-15-6-8/h1-6,15H,7H2,(H,16,17). The van der Waals surface area contributed by atoms with Crippen molar-refractivity contribution in [1.29, 1.82) is 0 Å². The van der Waals surface area contributed by atoms with Crippen LogP contribution in [0, 0.1) is 5.82 Å². The van der Waals surface area contributed by atoms with Crippen molar-refractivity contribution in [3.8, 4) is 0 Å². The second-order valence-corrected chi connectivity index (χ2v) is 3.91. The van der Waals surface area contributed by atoms with Crippen LogP contribution in [-0.2, 0) is 6.54 Å². The summed E-state index contributed by atoms with van der Waals surface area (Å²) in [5, 5.41) is 2.71. The summed E-state index contributed by atoms with van der Waals surface area (Å²) in [6, 6.07) is 5.97. The molecule has 1 heterocycles. The van der Waals surface area contributed by atoms with E-state index in [1.165, 1.54) is 18.2 Å². The molecule has 0 radical (unpaired) electrons. The minimum atomic E-state index is -0.621. The van der Waals surface area contributed by atoms with Gasteiger partial charge in [-0.15, -0.1) is 0 Å². The molecule has 0 aliphatic rings. The number of rotatable bonds is 3. The summed E-state index contributed by atoms with van der Waals surface area (Å²) < 4.78 is 13.4. The predicted octanol–water partition coefficient (Wildman–Crippen LogP) is 2.74. The molecule has 0 bridgehead atoms. The second kappa shape index (κ2) is 5.01. The molecule has 3 nitrogen and oxygen atoms in total. The normalized spacial score (nSPS) is 10.2. The lowest BCUT2D eigenvalue weighted by Gasteiger charge is -2.06. The van der Waals surface area contributed by atoms with E-state index in [9.17, 15) is 9.18 Å². The van der Waals surface area contributed by atoms with Gasteiger partial charge in [0.05, 0.1) is 10.6 Å². The molecule has 0 spiro atoms. The number of amides is 1. The Kier molecular flexibility index (Phi) is 3.44. The molecule has 1 amide bonds. The lowest BCUT2D eigenvalue weighted by Crippen LogP contribution is -2.24. The molecule has 2 N–H and O–H groups in total. The highest BCUT2D eigenvalue weighted by molar-refractivity contribution is 6.33. The lowest BCUT2D eigenvalue weighted by atomic mass is 10.2. The Morgan fingerprint density at radius 2 is 2.24 bits per heavy atom. The first-order valence-corrected chi connectivity index (χ1v) is 5.40. The van der Waals surface area contributed by atoms with Crippen molar-refractivity contribution in [3.63, 3.8) is 0 Å². The first-order valence-electron chi connectivity index (χ1n) is 5.02. The van der Waals surface area contributed by atoms with Gasteiger partial charge in [0.25, 0.3) is 5.91 Å². The van der Waals surface area contributed by atoms with Crippen LogP contribution < -0.4 is 5.32 Å². The van der Waals surface area contributed by atoms with Crippen molar-refractivity contribution in [2.24, 2.45) is 0 Å². The molecule has 0 saturated carbocycles. The number of aromatic amines is 1. The maximum absolute atomic E-state index is 13.4. The van der Waals surface area contributed by atoms with Gasteiger partial charge in [-0.25, -0.2) is 4.39 Å². The summed E-state index contributed by atoms with van der Waals surface area (Å²) in [6.45, 7) is 0.326. The van der Waals surface area contributed by atoms with Gasteiger partial charge in [0.2, 0.25) is 0 Å². The zero-order valence-corrected chi connectivity index (χ0v) is 9.59. The summed E-state index contributed by atoms with van der Waals surface area (Å²) in [4.78, 5) is 14.6. The average molecular weight is 253 g/mol. The summed E-state index contributed by atoms with van der Waals surface area (Å²) >= 11 is 5.78. The smallest absolute Gasteiger partial charge is 0.256 e. The third-order valence-electron chi connectivity index (χ3n) is 2.31. The molecular weight excluding hydrogens is 243 g/mol. The van der Waals surface area contributed by atoms with Gasteiger partial charge < -0.3 is 10.3 Å². The van der Waals surface area contributed by atoms with Crippen molar-refractivity contribution in [2.45, 2.75) is 6.54 Å². The molecule has 5 heteroatoms. The van der Waals surface area contributed by atoms with E-state index in [1.54, 1.807) is 12.4 Å². The van der Waals surface area contributed by atoms with Gasteiger partial charge >= 0.3 is 0 Å². The Labute approximate surface area is 103 Å². The molecule has 0 aliphatic carbocycles. The van der Waals surface area contributed by atoms with Crippen molar-refractivity contribution in [3.05, 3.63) is 58.6 Å². The highest BCUT2D eigenvalue weighted by atomic mass is 35.5. The number of nitrogens with one attached hydrogen (secondary N) is 2. The van der Waals surface area contributed by atoms with Gasteiger partial charge in [0.15, 0.2) is 0 Å². The number of aromatic nitrogens is 1. The topological polar surface area (TPSA) is 44.9 Å². The van der Waals surface area contributed by atoms with Crippen LogP contribution in [0.15, 0.2) is 36.7 Å². The Bertz CT molecular complexity index is 505. The van der Waals surface area contributed by atoms with E-state index >= 15 is 0 Å². The van der Waals surface area contributed by atoms with Crippen LogP contribution in [0.25, 0.3) is 0 Å². The monoisotopic (exact) mass is 252 g/mol. The van der Waals surface area contributed by atoms with E-state index in [4.69, 9.17) is 11.6 Å². The molecule has 1 aromatic carbocycles. The number of H-pyrrole nitrogens is 1. The molecular formula is C12H10ClFN2O. The lowest BCUT2D eigenvalue weighted by molar-refractivity contribution is 0.0947. The molecule has 0 aliphatic heterocycles. The SMILES string of the molecule is O=C(NCc1cc[nH]c1)c1c(F)cccc1Cl. The van der Waals surface area contributed by atoms with Crippen LogP contribution >= 0.6 is 11.6 Å². The van der Waals surface area contributed by atoms with Crippen LogP contribution in [0.2, 0.25) is 5.02 Å². The maximum atomic E-state index is 13.4. The molecule has 0 atom stereocenters. The van der Waals surface area contributed by atoms with Gasteiger partial charge in [-0.1, -0.05) is 17.7 Å². The molecule has 0 fully saturated rings. The maximum Gasteiger partial charge on any atom is 0.256 e. The van der Waals surface area contributed by atoms with Crippen LogP contribution in [0.3, 0.4) is 0 Å². The zero-order chi connectivity index (χ0) is 12.3. The van der Waals surface area contributed by atoms with Crippen LogP contribution in [-0.4, -0.2) is 10.9 Å². The fraction of sp³-hybridized carbons (Fsp3) is 0.0833. The molecule has 0 unspecified atom stereocenters. The zero-order valence-electron chi connectivity index (χ0n) is 8.84. The van der Waals surface area contributed by atoms with Gasteiger partial charge in [-0.05, 0) is 23.8 Å². The number of halogens is 2. The predicted molar refractivity (Wildman–Crippen MR) is 63.4 cm³/mol. The van der Waals surface area contributed by atoms with Crippen molar-refractivity contribution in [1.82, 2.24) is 10.3 Å². The van der Waals surface area contributed by atoms with E-state index in [1.807, 2.05) is 6.07 Å². The number of hydrogen-bond donors (Lipinski definition) is 2. The van der Waals surface area contributed by atoms with Gasteiger partial charge in [-0.3, -0.25) is 4.79 Å². The summed E-state index contributed by atoms with van der Waals surface area (Å²) in [6.07, 6.45) is 3.50. The van der Waals surface area contributed by atoms with Gasteiger partial charge in [0.1, 0.15) is 5.82 Å². The molecule has 2 aromatic rings. The Hall–Kier alpha value is -1.81. The second-order valence-electron chi connectivity index (χ2n) is 3.50. The van der Waals surface area contributed by atoms with E-state index in [0.29, 0.717) is 6.54 Å². The van der Waals surface area contributed by atoms with Crippen molar-refractivity contribution >= 4 is 17.5 Å². The Balaban J connectivity index is 2.10. The quantitative estimate of drug-likeness (QED) is 0.867. The highest BCUT2D eigenvalue weighted by Crippen LogP contribution is 2.18. The van der Waals surface area contributed by atoms with E-state index < -0.39 is 11.7 Å². The highest BCUT2D eigenvalue weighted by Gasteiger charge is 2.15. The summed E-state index contributed by atoms with van der Waals surface area (Å²) in [7, 11) is 0. The Morgan fingerprint density at radius 3 is 2.88 bits per heavy atom. The summed E-state index contributed by atoms with van der Waals surface area (Å²) in [5.74, 6) is -1.14. The first kappa shape index (κ1) is 11.7. The number of hydrogen-bond acceptors (Lipinski definition) is 1. The van der Waals surface area contributed by atoms with E-state index in [-0.39, 0.29) is 10.6 Å². The van der Waals surface area contributed by atoms with Gasteiger partial charge in [0, 0.05) is 18.9 Å². The van der Waals surface area contributed by atoms with Crippen molar-refractivity contribution in [2.75, 3.05) is 0 Å². The minimum absolute atomic E-state index is 0.108. The van der Waals surface area contributed by atoms with Crippen LogP contribution in [0.4, 0.5) is 4.39 Å². The third kappa shape index (κ3) is 2.65. The van der Waals surface area contributed by atoms with Crippen LogP contribution in [0.5, 0.6) is 0 Å². The number of benzene rings is 1. The molecule has 88 valence electrons. The van der Waals surface area contributed by atoms with Crippen LogP contribution in [0.1, 0.15) is 15.9 Å². The van der Waals surface area contributed by atoms with Crippen molar-refractivity contribution < 1.29 is 9.18 Å². The van der Waals surface area contributed by atoms with Gasteiger partial charge in [-0.2, -0.15) is 0 Å². The third-order valence-corrected chi connectivity index (χ3v) is 2.62. The minimum Gasteiger partial charge on any atom is -0.367 e. The summed E-state index contributed by atoms with van der Waals surface area (Å²) in [5.41, 5.74) is 0.788. The number of carbonyl (C=O) groups is 1. The average Bonchev–Trinajstić information content (AvgIpc) is 2.79.